The predicted molar refractivity (Wildman–Crippen MR) is 111 cm³/mol. The second-order valence-electron chi connectivity index (χ2n) is 7.20. The molecule has 150 valence electrons. The van der Waals surface area contributed by atoms with Gasteiger partial charge in [-0.05, 0) is 69.3 Å². The van der Waals surface area contributed by atoms with E-state index in [1.165, 1.54) is 29.2 Å². The first-order valence-electron chi connectivity index (χ1n) is 8.80. The molecule has 0 unspecified atom stereocenters. The smallest absolute Gasteiger partial charge is 0.326 e. The van der Waals surface area contributed by atoms with E-state index in [0.29, 0.717) is 16.4 Å². The van der Waals surface area contributed by atoms with Gasteiger partial charge in [0.15, 0.2) is 0 Å². The van der Waals surface area contributed by atoms with Crippen LogP contribution in [0.1, 0.15) is 20.8 Å². The number of hydrogen-bond acceptors (Lipinski definition) is 2. The van der Waals surface area contributed by atoms with E-state index in [-0.39, 0.29) is 24.7 Å². The zero-order chi connectivity index (χ0) is 20.7. The summed E-state index contributed by atoms with van der Waals surface area (Å²) in [6.07, 6.45) is 0. The lowest BCUT2D eigenvalue weighted by molar-refractivity contribution is 0.232. The first-order chi connectivity index (χ1) is 13.1. The fourth-order valence-corrected chi connectivity index (χ4v) is 2.49. The molecule has 0 aromatic heterocycles. The van der Waals surface area contributed by atoms with Crippen LogP contribution in [0.4, 0.5) is 25.4 Å². The highest BCUT2D eigenvalue weighted by molar-refractivity contribution is 6.30. The Bertz CT molecular complexity index is 804. The SMILES string of the molecule is CC(C)(C)NC(=O)NCCN(C(=O)Nc1ccc(Cl)cc1)c1ccc(F)cc1. The summed E-state index contributed by atoms with van der Waals surface area (Å²) in [6.45, 7) is 6.03. The Morgan fingerprint density at radius 1 is 1.04 bits per heavy atom. The lowest BCUT2D eigenvalue weighted by atomic mass is 10.1. The molecule has 2 aromatic carbocycles. The molecule has 28 heavy (non-hydrogen) atoms. The second kappa shape index (κ2) is 9.41. The summed E-state index contributed by atoms with van der Waals surface area (Å²) in [5, 5.41) is 8.82. The van der Waals surface area contributed by atoms with Crippen LogP contribution in [0, 0.1) is 5.82 Å². The van der Waals surface area contributed by atoms with Crippen molar-refractivity contribution in [2.45, 2.75) is 26.3 Å². The van der Waals surface area contributed by atoms with E-state index in [1.54, 1.807) is 24.3 Å². The van der Waals surface area contributed by atoms with Gasteiger partial charge in [0.1, 0.15) is 5.82 Å². The summed E-state index contributed by atoms with van der Waals surface area (Å²) in [7, 11) is 0. The summed E-state index contributed by atoms with van der Waals surface area (Å²) in [4.78, 5) is 26.1. The summed E-state index contributed by atoms with van der Waals surface area (Å²) in [5.74, 6) is -0.399. The van der Waals surface area contributed by atoms with Crippen molar-refractivity contribution in [3.63, 3.8) is 0 Å². The van der Waals surface area contributed by atoms with Gasteiger partial charge >= 0.3 is 12.1 Å². The van der Waals surface area contributed by atoms with Crippen LogP contribution in [0.2, 0.25) is 5.02 Å². The number of benzene rings is 2. The summed E-state index contributed by atoms with van der Waals surface area (Å²) < 4.78 is 13.3. The van der Waals surface area contributed by atoms with Gasteiger partial charge in [-0.3, -0.25) is 4.90 Å². The third-order valence-electron chi connectivity index (χ3n) is 3.59. The molecular formula is C20H24ClFN4O2. The van der Waals surface area contributed by atoms with E-state index in [9.17, 15) is 14.0 Å². The zero-order valence-corrected chi connectivity index (χ0v) is 16.8. The van der Waals surface area contributed by atoms with Crippen LogP contribution in [0.25, 0.3) is 0 Å². The second-order valence-corrected chi connectivity index (χ2v) is 7.63. The third-order valence-corrected chi connectivity index (χ3v) is 3.84. The molecule has 0 heterocycles. The molecule has 0 spiro atoms. The molecule has 0 aliphatic carbocycles. The molecule has 0 fully saturated rings. The maximum absolute atomic E-state index is 13.3. The van der Waals surface area contributed by atoms with Gasteiger partial charge in [-0.25, -0.2) is 14.0 Å². The van der Waals surface area contributed by atoms with Crippen molar-refractivity contribution in [1.29, 1.82) is 0 Å². The Kier molecular flexibility index (Phi) is 7.23. The monoisotopic (exact) mass is 406 g/mol. The highest BCUT2D eigenvalue weighted by Crippen LogP contribution is 2.18. The zero-order valence-electron chi connectivity index (χ0n) is 16.1. The summed E-state index contributed by atoms with van der Waals surface area (Å²) in [5.41, 5.74) is 0.706. The molecular weight excluding hydrogens is 383 g/mol. The number of nitrogens with zero attached hydrogens (tertiary/aromatic N) is 1. The molecule has 2 rings (SSSR count). The Hall–Kier alpha value is -2.80. The average molecular weight is 407 g/mol. The molecule has 4 amide bonds. The number of amides is 4. The van der Waals surface area contributed by atoms with Crippen LogP contribution in [-0.4, -0.2) is 30.7 Å². The van der Waals surface area contributed by atoms with Crippen LogP contribution in [-0.2, 0) is 0 Å². The van der Waals surface area contributed by atoms with Gasteiger partial charge in [0.05, 0.1) is 0 Å². The number of nitrogens with one attached hydrogen (secondary N) is 3. The van der Waals surface area contributed by atoms with Crippen LogP contribution in [0.3, 0.4) is 0 Å². The van der Waals surface area contributed by atoms with Crippen molar-refractivity contribution in [1.82, 2.24) is 10.6 Å². The fraction of sp³-hybridized carbons (Fsp3) is 0.300. The Morgan fingerprint density at radius 3 is 2.21 bits per heavy atom. The van der Waals surface area contributed by atoms with Crippen molar-refractivity contribution >= 4 is 35.0 Å². The van der Waals surface area contributed by atoms with Gasteiger partial charge in [0.25, 0.3) is 0 Å². The molecule has 0 aliphatic heterocycles. The number of halogens is 2. The average Bonchev–Trinajstić information content (AvgIpc) is 2.60. The van der Waals surface area contributed by atoms with Crippen molar-refractivity contribution in [3.05, 3.63) is 59.4 Å². The first kappa shape index (κ1) is 21.5. The molecule has 0 radical (unpaired) electrons. The molecule has 0 saturated carbocycles. The van der Waals surface area contributed by atoms with Crippen molar-refractivity contribution in [2.24, 2.45) is 0 Å². The van der Waals surface area contributed by atoms with Crippen molar-refractivity contribution in [3.8, 4) is 0 Å². The molecule has 0 saturated heterocycles. The molecule has 8 heteroatoms. The number of rotatable bonds is 5. The number of urea groups is 2. The number of carbonyl (C=O) groups is 2. The minimum Gasteiger partial charge on any atom is -0.336 e. The minimum absolute atomic E-state index is 0.197. The van der Waals surface area contributed by atoms with Gasteiger partial charge in [-0.15, -0.1) is 0 Å². The van der Waals surface area contributed by atoms with Crippen LogP contribution >= 0.6 is 11.6 Å². The van der Waals surface area contributed by atoms with Crippen molar-refractivity contribution < 1.29 is 14.0 Å². The third kappa shape index (κ3) is 7.08. The molecule has 0 bridgehead atoms. The summed E-state index contributed by atoms with van der Waals surface area (Å²) >= 11 is 5.86. The molecule has 6 nitrogen and oxygen atoms in total. The molecule has 0 aliphatic rings. The molecule has 0 atom stereocenters. The highest BCUT2D eigenvalue weighted by atomic mass is 35.5. The van der Waals surface area contributed by atoms with E-state index in [0.717, 1.165) is 0 Å². The van der Waals surface area contributed by atoms with Gasteiger partial charge < -0.3 is 16.0 Å². The highest BCUT2D eigenvalue weighted by Gasteiger charge is 2.18. The molecule has 3 N–H and O–H groups in total. The van der Waals surface area contributed by atoms with Crippen LogP contribution < -0.4 is 20.9 Å². The maximum Gasteiger partial charge on any atom is 0.326 e. The van der Waals surface area contributed by atoms with Gasteiger partial charge in [-0.2, -0.15) is 0 Å². The van der Waals surface area contributed by atoms with Gasteiger partial charge in [0.2, 0.25) is 0 Å². The Balaban J connectivity index is 2.06. The quantitative estimate of drug-likeness (QED) is 0.678. The van der Waals surface area contributed by atoms with E-state index >= 15 is 0 Å². The van der Waals surface area contributed by atoms with E-state index in [2.05, 4.69) is 16.0 Å². The van der Waals surface area contributed by atoms with E-state index in [1.807, 2.05) is 20.8 Å². The number of carbonyl (C=O) groups excluding carboxylic acids is 2. The standard InChI is InChI=1S/C20H24ClFN4O2/c1-20(2,3)25-18(27)23-12-13-26(17-10-6-15(22)7-11-17)19(28)24-16-8-4-14(21)5-9-16/h4-11H,12-13H2,1-3H3,(H,24,28)(H2,23,25,27). The number of hydrogen-bond donors (Lipinski definition) is 3. The van der Waals surface area contributed by atoms with Crippen LogP contribution in [0.15, 0.2) is 48.5 Å². The lowest BCUT2D eigenvalue weighted by Gasteiger charge is -2.25. The largest absolute Gasteiger partial charge is 0.336 e. The van der Waals surface area contributed by atoms with Crippen molar-refractivity contribution in [2.75, 3.05) is 23.3 Å². The Morgan fingerprint density at radius 2 is 1.64 bits per heavy atom. The maximum atomic E-state index is 13.3. The van der Waals surface area contributed by atoms with E-state index in [4.69, 9.17) is 11.6 Å². The fourth-order valence-electron chi connectivity index (χ4n) is 2.36. The normalized spacial score (nSPS) is 10.9. The predicted octanol–water partition coefficient (Wildman–Crippen LogP) is 4.62. The first-order valence-corrected chi connectivity index (χ1v) is 9.17. The summed E-state index contributed by atoms with van der Waals surface area (Å²) in [6, 6.07) is 11.5. The van der Waals surface area contributed by atoms with E-state index < -0.39 is 11.8 Å². The van der Waals surface area contributed by atoms with Gasteiger partial charge in [-0.1, -0.05) is 11.6 Å². The molecule has 2 aromatic rings. The van der Waals surface area contributed by atoms with Crippen LogP contribution in [0.5, 0.6) is 0 Å². The minimum atomic E-state index is -0.410. The Labute approximate surface area is 169 Å². The topological polar surface area (TPSA) is 73.5 Å². The number of anilines is 2. The lowest BCUT2D eigenvalue weighted by Crippen LogP contribution is -2.48. The van der Waals surface area contributed by atoms with Gasteiger partial charge in [0, 0.05) is 35.0 Å².